The lowest BCUT2D eigenvalue weighted by atomic mass is 9.52. The summed E-state index contributed by atoms with van der Waals surface area (Å²) in [5, 5.41) is 0. The minimum absolute atomic E-state index is 0.250. The monoisotopic (exact) mass is 281 g/mol. The number of benzene rings is 1. The highest BCUT2D eigenvalue weighted by Crippen LogP contribution is 2.61. The minimum atomic E-state index is 0.250. The minimum Gasteiger partial charge on any atom is -0.488 e. The largest absolute Gasteiger partial charge is 0.488 e. The van der Waals surface area contributed by atoms with Gasteiger partial charge in [0.25, 0.3) is 0 Å². The van der Waals surface area contributed by atoms with Gasteiger partial charge in [-0.15, -0.1) is 0 Å². The van der Waals surface area contributed by atoms with E-state index < -0.39 is 0 Å². The van der Waals surface area contributed by atoms with Crippen LogP contribution in [-0.4, -0.2) is 30.6 Å². The molecule has 5 atom stereocenters. The predicted octanol–water partition coefficient (Wildman–Crippen LogP) is 3.08. The van der Waals surface area contributed by atoms with Crippen LogP contribution in [0.2, 0.25) is 0 Å². The zero-order valence-corrected chi connectivity index (χ0v) is 13.1. The van der Waals surface area contributed by atoms with Crippen molar-refractivity contribution in [1.82, 2.24) is 4.90 Å². The van der Waals surface area contributed by atoms with Gasteiger partial charge in [0.05, 0.1) is 0 Å². The van der Waals surface area contributed by atoms with Crippen LogP contribution in [0.1, 0.15) is 30.0 Å². The lowest BCUT2D eigenvalue weighted by Gasteiger charge is -2.56. The number of likely N-dealkylation sites (N-methyl/N-ethyl adjacent to an activating group) is 1. The molecule has 4 aliphatic rings. The van der Waals surface area contributed by atoms with Gasteiger partial charge in [-0.3, -0.25) is 0 Å². The molecule has 110 valence electrons. The van der Waals surface area contributed by atoms with Gasteiger partial charge in [-0.25, -0.2) is 0 Å². The van der Waals surface area contributed by atoms with Crippen molar-refractivity contribution in [2.75, 3.05) is 13.6 Å². The lowest BCUT2D eigenvalue weighted by Crippen LogP contribution is -2.63. The van der Waals surface area contributed by atoms with Crippen molar-refractivity contribution in [3.8, 4) is 5.75 Å². The summed E-state index contributed by atoms with van der Waals surface area (Å²) < 4.78 is 6.59. The Morgan fingerprint density at radius 3 is 3.00 bits per heavy atom. The van der Waals surface area contributed by atoms with Gasteiger partial charge in [-0.1, -0.05) is 31.2 Å². The molecule has 0 radical (unpaired) electrons. The molecular weight excluding hydrogens is 258 g/mol. The predicted molar refractivity (Wildman–Crippen MR) is 83.8 cm³/mol. The summed E-state index contributed by atoms with van der Waals surface area (Å²) >= 11 is 0. The molecule has 2 aliphatic carbocycles. The van der Waals surface area contributed by atoms with E-state index in [9.17, 15) is 0 Å². The van der Waals surface area contributed by atoms with Crippen LogP contribution in [0.3, 0.4) is 0 Å². The van der Waals surface area contributed by atoms with Gasteiger partial charge < -0.3 is 9.64 Å². The smallest absolute Gasteiger partial charge is 0.126 e. The molecule has 1 spiro atoms. The van der Waals surface area contributed by atoms with Crippen LogP contribution in [0.4, 0.5) is 0 Å². The topological polar surface area (TPSA) is 12.5 Å². The Morgan fingerprint density at radius 2 is 2.14 bits per heavy atom. The van der Waals surface area contributed by atoms with Crippen molar-refractivity contribution in [3.05, 3.63) is 41.0 Å². The maximum Gasteiger partial charge on any atom is 0.126 e. The first kappa shape index (κ1) is 12.3. The number of piperidine rings is 1. The molecule has 1 aromatic carbocycles. The van der Waals surface area contributed by atoms with Gasteiger partial charge in [0.1, 0.15) is 11.9 Å². The average molecular weight is 281 g/mol. The van der Waals surface area contributed by atoms with E-state index >= 15 is 0 Å². The number of aryl methyl sites for hydroxylation is 1. The van der Waals surface area contributed by atoms with E-state index in [0.29, 0.717) is 24.0 Å². The van der Waals surface area contributed by atoms with E-state index in [1.165, 1.54) is 30.7 Å². The number of nitrogens with zero attached hydrogens (tertiary/aromatic N) is 1. The van der Waals surface area contributed by atoms with Crippen LogP contribution in [0.25, 0.3) is 0 Å². The molecule has 0 saturated carbocycles. The molecule has 21 heavy (non-hydrogen) atoms. The molecule has 2 bridgehead atoms. The maximum absolute atomic E-state index is 6.59. The van der Waals surface area contributed by atoms with Crippen molar-refractivity contribution in [2.45, 2.75) is 44.2 Å². The van der Waals surface area contributed by atoms with Crippen LogP contribution >= 0.6 is 0 Å². The van der Waals surface area contributed by atoms with Gasteiger partial charge >= 0.3 is 0 Å². The molecule has 1 saturated heterocycles. The Labute approximate surface area is 126 Å². The maximum atomic E-state index is 6.59. The summed E-state index contributed by atoms with van der Waals surface area (Å²) in [4.78, 5) is 2.58. The highest BCUT2D eigenvalue weighted by molar-refractivity contribution is 5.59. The molecular formula is C19H23NO. The molecule has 2 nitrogen and oxygen atoms in total. The Morgan fingerprint density at radius 1 is 1.29 bits per heavy atom. The van der Waals surface area contributed by atoms with Crippen LogP contribution in [-0.2, 0) is 11.8 Å². The van der Waals surface area contributed by atoms with Crippen molar-refractivity contribution >= 4 is 0 Å². The van der Waals surface area contributed by atoms with E-state index in [-0.39, 0.29) is 5.41 Å². The normalized spacial score (nSPS) is 42.6. The molecule has 2 heteroatoms. The average Bonchev–Trinajstić information content (AvgIpc) is 2.83. The van der Waals surface area contributed by atoms with E-state index in [1.807, 2.05) is 0 Å². The van der Waals surface area contributed by atoms with Crippen LogP contribution in [0.15, 0.2) is 24.3 Å². The van der Waals surface area contributed by atoms with E-state index in [2.05, 4.69) is 50.1 Å². The fraction of sp³-hybridized carbons (Fsp3) is 0.579. The summed E-state index contributed by atoms with van der Waals surface area (Å²) in [5.74, 6) is 2.37. The van der Waals surface area contributed by atoms with Crippen LogP contribution in [0.5, 0.6) is 5.75 Å². The van der Waals surface area contributed by atoms with Gasteiger partial charge in [0.2, 0.25) is 0 Å². The summed E-state index contributed by atoms with van der Waals surface area (Å²) in [7, 11) is 2.30. The molecule has 2 aliphatic heterocycles. The Hall–Kier alpha value is -1.28. The van der Waals surface area contributed by atoms with Gasteiger partial charge in [0, 0.05) is 28.9 Å². The first-order chi connectivity index (χ1) is 10.1. The SMILES string of the molecule is Cc1ccc2c3c1O[C@H]1[C@@H](C)C=CC4[C@@H](C2)N(C)CC[C@@]341. The molecule has 5 rings (SSSR count). The van der Waals surface area contributed by atoms with E-state index in [4.69, 9.17) is 4.74 Å². The third-order valence-corrected chi connectivity index (χ3v) is 6.64. The first-order valence-electron chi connectivity index (χ1n) is 8.31. The third-order valence-electron chi connectivity index (χ3n) is 6.64. The number of ether oxygens (including phenoxy) is 1. The second-order valence-electron chi connectivity index (χ2n) is 7.60. The first-order valence-corrected chi connectivity index (χ1v) is 8.31. The van der Waals surface area contributed by atoms with Crippen molar-refractivity contribution in [2.24, 2.45) is 11.8 Å². The zero-order chi connectivity index (χ0) is 14.4. The van der Waals surface area contributed by atoms with Crippen LogP contribution < -0.4 is 4.74 Å². The lowest BCUT2D eigenvalue weighted by molar-refractivity contribution is -0.0142. The van der Waals surface area contributed by atoms with E-state index in [0.717, 1.165) is 0 Å². The van der Waals surface area contributed by atoms with Crippen LogP contribution in [0, 0.1) is 18.8 Å². The third kappa shape index (κ3) is 1.25. The highest BCUT2D eigenvalue weighted by atomic mass is 16.5. The van der Waals surface area contributed by atoms with Crippen molar-refractivity contribution < 1.29 is 4.74 Å². The standard InChI is InChI=1S/C19H23NO/c1-11-4-6-13-10-15-14-7-5-12(2)18-19(14,8-9-20(15)3)16(13)17(11)21-18/h4-7,12,14-15,18H,8-10H2,1-3H3/t12-,14?,15+,18-,19-/m0/s1. The summed E-state index contributed by atoms with van der Waals surface area (Å²) in [6.07, 6.45) is 7.70. The molecule has 0 amide bonds. The Balaban J connectivity index is 1.84. The van der Waals surface area contributed by atoms with E-state index in [1.54, 1.807) is 11.1 Å². The molecule has 1 aromatic rings. The second-order valence-corrected chi connectivity index (χ2v) is 7.60. The van der Waals surface area contributed by atoms with Crippen molar-refractivity contribution in [1.29, 1.82) is 0 Å². The quantitative estimate of drug-likeness (QED) is 0.678. The summed E-state index contributed by atoms with van der Waals surface area (Å²) in [6.45, 7) is 5.74. The summed E-state index contributed by atoms with van der Waals surface area (Å²) in [5.41, 5.74) is 4.70. The number of hydrogen-bond acceptors (Lipinski definition) is 2. The molecule has 0 N–H and O–H groups in total. The Bertz CT molecular complexity index is 664. The van der Waals surface area contributed by atoms with Gasteiger partial charge in [-0.05, 0) is 44.5 Å². The Kier molecular flexibility index (Phi) is 2.18. The summed E-state index contributed by atoms with van der Waals surface area (Å²) in [6, 6.07) is 5.28. The second kappa shape index (κ2) is 3.73. The molecule has 2 heterocycles. The molecule has 0 aromatic heterocycles. The number of hydrogen-bond donors (Lipinski definition) is 0. The molecule has 1 unspecified atom stereocenters. The van der Waals surface area contributed by atoms with Gasteiger partial charge in [0.15, 0.2) is 0 Å². The number of likely N-dealkylation sites (tertiary alicyclic amines) is 1. The number of rotatable bonds is 0. The van der Waals surface area contributed by atoms with Gasteiger partial charge in [-0.2, -0.15) is 0 Å². The fourth-order valence-corrected chi connectivity index (χ4v) is 5.65. The zero-order valence-electron chi connectivity index (χ0n) is 13.1. The molecule has 1 fully saturated rings. The van der Waals surface area contributed by atoms with Crippen molar-refractivity contribution in [3.63, 3.8) is 0 Å². The fourth-order valence-electron chi connectivity index (χ4n) is 5.65. The highest BCUT2D eigenvalue weighted by Gasteiger charge is 2.63.